The van der Waals surface area contributed by atoms with Crippen molar-refractivity contribution < 1.29 is 5.11 Å². The third-order valence-corrected chi connectivity index (χ3v) is 3.47. The lowest BCUT2D eigenvalue weighted by atomic mass is 9.97. The van der Waals surface area contributed by atoms with E-state index in [-0.39, 0.29) is 6.04 Å². The lowest BCUT2D eigenvalue weighted by Crippen LogP contribution is -2.34. The summed E-state index contributed by atoms with van der Waals surface area (Å²) in [5.41, 5.74) is 8.70. The van der Waals surface area contributed by atoms with Crippen LogP contribution in [-0.2, 0) is 0 Å². The van der Waals surface area contributed by atoms with Gasteiger partial charge in [0.1, 0.15) is 0 Å². The summed E-state index contributed by atoms with van der Waals surface area (Å²) < 4.78 is 0. The molecule has 0 aliphatic carbocycles. The number of aliphatic hydroxyl groups is 1. The fourth-order valence-electron chi connectivity index (χ4n) is 2.48. The highest BCUT2D eigenvalue weighted by atomic mass is 16.2. The topological polar surface area (TPSA) is 49.5 Å². The van der Waals surface area contributed by atoms with Crippen molar-refractivity contribution in [2.24, 2.45) is 5.73 Å². The number of hydrogen-bond acceptors (Lipinski definition) is 3. The van der Waals surface area contributed by atoms with Crippen LogP contribution >= 0.6 is 0 Å². The molecule has 1 aliphatic rings. The zero-order valence-corrected chi connectivity index (χ0v) is 10.3. The summed E-state index contributed by atoms with van der Waals surface area (Å²) in [6.07, 6.45) is 4.19. The van der Waals surface area contributed by atoms with Crippen LogP contribution in [0.25, 0.3) is 0 Å². The van der Waals surface area contributed by atoms with Crippen LogP contribution in [-0.4, -0.2) is 24.8 Å². The van der Waals surface area contributed by atoms with Crippen molar-refractivity contribution in [3.63, 3.8) is 0 Å². The molecule has 0 bridgehead atoms. The van der Waals surface area contributed by atoms with Gasteiger partial charge in [0, 0.05) is 31.4 Å². The molecule has 0 aromatic heterocycles. The van der Waals surface area contributed by atoms with Crippen LogP contribution in [0.2, 0.25) is 0 Å². The summed E-state index contributed by atoms with van der Waals surface area (Å²) in [6, 6.07) is 8.64. The number of unbranched alkanes of at least 4 members (excludes halogenated alkanes) is 2. The maximum Gasteiger partial charge on any atom is 0.0431 e. The van der Waals surface area contributed by atoms with Crippen LogP contribution in [0.4, 0.5) is 5.69 Å². The van der Waals surface area contributed by atoms with Gasteiger partial charge in [-0.3, -0.25) is 0 Å². The molecule has 1 atom stereocenters. The molecule has 0 spiro atoms. The molecule has 0 saturated heterocycles. The minimum Gasteiger partial charge on any atom is -0.396 e. The van der Waals surface area contributed by atoms with Gasteiger partial charge in [0.2, 0.25) is 0 Å². The van der Waals surface area contributed by atoms with Crippen molar-refractivity contribution in [2.45, 2.75) is 31.7 Å². The van der Waals surface area contributed by atoms with Crippen LogP contribution < -0.4 is 10.6 Å². The smallest absolute Gasteiger partial charge is 0.0431 e. The van der Waals surface area contributed by atoms with E-state index >= 15 is 0 Å². The first-order valence-electron chi connectivity index (χ1n) is 6.53. The van der Waals surface area contributed by atoms with Crippen LogP contribution in [0.15, 0.2) is 24.3 Å². The Morgan fingerprint density at radius 2 is 2.06 bits per heavy atom. The molecule has 0 amide bonds. The second-order valence-electron chi connectivity index (χ2n) is 4.73. The highest BCUT2D eigenvalue weighted by Crippen LogP contribution is 2.32. The van der Waals surface area contributed by atoms with E-state index in [9.17, 15) is 0 Å². The Balaban J connectivity index is 1.98. The van der Waals surface area contributed by atoms with Gasteiger partial charge in [-0.2, -0.15) is 0 Å². The zero-order chi connectivity index (χ0) is 12.1. The number of para-hydroxylation sites is 1. The molecule has 0 fully saturated rings. The van der Waals surface area contributed by atoms with E-state index in [2.05, 4.69) is 29.2 Å². The van der Waals surface area contributed by atoms with Crippen molar-refractivity contribution >= 4 is 5.69 Å². The zero-order valence-electron chi connectivity index (χ0n) is 10.3. The van der Waals surface area contributed by atoms with Crippen LogP contribution in [0.3, 0.4) is 0 Å². The van der Waals surface area contributed by atoms with E-state index in [1.54, 1.807) is 0 Å². The number of nitrogens with two attached hydrogens (primary N) is 1. The van der Waals surface area contributed by atoms with E-state index in [0.29, 0.717) is 6.61 Å². The first-order valence-corrected chi connectivity index (χ1v) is 6.53. The predicted octanol–water partition coefficient (Wildman–Crippen LogP) is 2.06. The normalized spacial score (nSPS) is 19.2. The molecule has 1 aromatic rings. The third-order valence-electron chi connectivity index (χ3n) is 3.47. The molecular formula is C14H22N2O. The summed E-state index contributed by atoms with van der Waals surface area (Å²) in [6.45, 7) is 2.43. The molecule has 1 unspecified atom stereocenters. The average molecular weight is 234 g/mol. The van der Waals surface area contributed by atoms with E-state index in [1.807, 2.05) is 0 Å². The van der Waals surface area contributed by atoms with Crippen molar-refractivity contribution in [2.75, 3.05) is 24.6 Å². The molecule has 3 heteroatoms. The minimum absolute atomic E-state index is 0.194. The molecule has 3 nitrogen and oxygen atoms in total. The number of nitrogens with zero attached hydrogens (tertiary/aromatic N) is 1. The first-order chi connectivity index (χ1) is 8.33. The van der Waals surface area contributed by atoms with Crippen molar-refractivity contribution in [1.82, 2.24) is 0 Å². The fourth-order valence-corrected chi connectivity index (χ4v) is 2.48. The van der Waals surface area contributed by atoms with Gasteiger partial charge >= 0.3 is 0 Å². The number of hydrogen-bond donors (Lipinski definition) is 2. The standard InChI is InChI=1S/C14H22N2O/c15-13-8-10-16(9-4-1-5-11-17)14-7-3-2-6-12(13)14/h2-3,6-7,13,17H,1,4-5,8-11,15H2. The number of rotatable bonds is 5. The quantitative estimate of drug-likeness (QED) is 0.767. The summed E-state index contributed by atoms with van der Waals surface area (Å²) in [7, 11) is 0. The summed E-state index contributed by atoms with van der Waals surface area (Å²) in [5.74, 6) is 0. The number of benzene rings is 1. The Hall–Kier alpha value is -1.06. The highest BCUT2D eigenvalue weighted by Gasteiger charge is 2.21. The molecule has 0 saturated carbocycles. The summed E-state index contributed by atoms with van der Waals surface area (Å²) in [5, 5.41) is 8.77. The molecule has 94 valence electrons. The molecule has 1 aliphatic heterocycles. The lowest BCUT2D eigenvalue weighted by molar-refractivity contribution is 0.283. The molecule has 1 heterocycles. The third kappa shape index (κ3) is 2.99. The van der Waals surface area contributed by atoms with Crippen LogP contribution in [0.1, 0.15) is 37.3 Å². The van der Waals surface area contributed by atoms with E-state index in [1.165, 1.54) is 11.3 Å². The number of anilines is 1. The van der Waals surface area contributed by atoms with Gasteiger partial charge in [-0.15, -0.1) is 0 Å². The maximum absolute atomic E-state index is 8.77. The van der Waals surface area contributed by atoms with Crippen molar-refractivity contribution in [1.29, 1.82) is 0 Å². The average Bonchev–Trinajstić information content (AvgIpc) is 2.37. The van der Waals surface area contributed by atoms with Gasteiger partial charge in [0.05, 0.1) is 0 Å². The molecule has 2 rings (SSSR count). The van der Waals surface area contributed by atoms with E-state index in [0.717, 1.165) is 38.8 Å². The molecule has 0 radical (unpaired) electrons. The summed E-state index contributed by atoms with van der Waals surface area (Å²) >= 11 is 0. The van der Waals surface area contributed by atoms with Gasteiger partial charge in [-0.25, -0.2) is 0 Å². The largest absolute Gasteiger partial charge is 0.396 e. The minimum atomic E-state index is 0.194. The predicted molar refractivity (Wildman–Crippen MR) is 71.1 cm³/mol. The lowest BCUT2D eigenvalue weighted by Gasteiger charge is -2.34. The van der Waals surface area contributed by atoms with Gasteiger partial charge in [0.25, 0.3) is 0 Å². The second-order valence-corrected chi connectivity index (χ2v) is 4.73. The Bertz CT molecular complexity index is 354. The molecule has 17 heavy (non-hydrogen) atoms. The summed E-state index contributed by atoms with van der Waals surface area (Å²) in [4.78, 5) is 2.43. The highest BCUT2D eigenvalue weighted by molar-refractivity contribution is 5.56. The van der Waals surface area contributed by atoms with Crippen molar-refractivity contribution in [3.05, 3.63) is 29.8 Å². The first kappa shape index (κ1) is 12.4. The Morgan fingerprint density at radius 3 is 2.88 bits per heavy atom. The monoisotopic (exact) mass is 234 g/mol. The Kier molecular flexibility index (Phi) is 4.40. The van der Waals surface area contributed by atoms with Crippen LogP contribution in [0.5, 0.6) is 0 Å². The van der Waals surface area contributed by atoms with Gasteiger partial charge in [0.15, 0.2) is 0 Å². The number of fused-ring (bicyclic) bond motifs is 1. The fraction of sp³-hybridized carbons (Fsp3) is 0.571. The maximum atomic E-state index is 8.77. The molecular weight excluding hydrogens is 212 g/mol. The second kappa shape index (κ2) is 6.03. The van der Waals surface area contributed by atoms with Gasteiger partial charge in [-0.1, -0.05) is 18.2 Å². The molecule has 1 aromatic carbocycles. The Labute approximate surface area is 103 Å². The van der Waals surface area contributed by atoms with E-state index < -0.39 is 0 Å². The SMILES string of the molecule is NC1CCN(CCCCCO)c2ccccc21. The molecule has 3 N–H and O–H groups in total. The number of aliphatic hydroxyl groups excluding tert-OH is 1. The Morgan fingerprint density at radius 1 is 1.24 bits per heavy atom. The van der Waals surface area contributed by atoms with Crippen molar-refractivity contribution in [3.8, 4) is 0 Å². The van der Waals surface area contributed by atoms with Gasteiger partial charge < -0.3 is 15.7 Å². The van der Waals surface area contributed by atoms with Gasteiger partial charge in [-0.05, 0) is 37.3 Å². The van der Waals surface area contributed by atoms with E-state index in [4.69, 9.17) is 10.8 Å². The van der Waals surface area contributed by atoms with Crippen LogP contribution in [0, 0.1) is 0 Å².